The van der Waals surface area contributed by atoms with Crippen LogP contribution in [0.5, 0.6) is 5.75 Å². The first-order valence-electron chi connectivity index (χ1n) is 20.3. The third-order valence-corrected chi connectivity index (χ3v) is 16.0. The van der Waals surface area contributed by atoms with Crippen LogP contribution in [0.2, 0.25) is 5.02 Å². The molecular formula is C46H57Br2ClN2OS. The number of aromatic nitrogens is 1. The first-order chi connectivity index (χ1) is 25.4. The molecule has 3 aromatic rings. The summed E-state index contributed by atoms with van der Waals surface area (Å²) in [7, 11) is 0. The van der Waals surface area contributed by atoms with Crippen molar-refractivity contribution in [3.63, 3.8) is 0 Å². The lowest BCUT2D eigenvalue weighted by Gasteiger charge is -2.31. The normalized spacial score (nSPS) is 27.9. The van der Waals surface area contributed by atoms with Crippen LogP contribution in [0.4, 0.5) is 0 Å². The van der Waals surface area contributed by atoms with E-state index in [1.54, 1.807) is 11.8 Å². The predicted molar refractivity (Wildman–Crippen MR) is 233 cm³/mol. The first-order valence-corrected chi connectivity index (χ1v) is 23.1. The maximum atomic E-state index is 7.33. The highest BCUT2D eigenvalue weighted by Crippen LogP contribution is 2.52. The van der Waals surface area contributed by atoms with Crippen LogP contribution >= 0.6 is 55.2 Å². The minimum atomic E-state index is 0.0529. The minimum Gasteiger partial charge on any atom is -0.453 e. The van der Waals surface area contributed by atoms with Crippen molar-refractivity contribution in [3.05, 3.63) is 90.7 Å². The van der Waals surface area contributed by atoms with E-state index in [1.165, 1.54) is 104 Å². The average molecular weight is 881 g/mol. The molecule has 284 valence electrons. The first kappa shape index (κ1) is 39.5. The molecular weight excluding hydrogens is 824 g/mol. The number of halogens is 3. The number of hydrogen-bond acceptors (Lipinski definition) is 3. The number of benzene rings is 2. The second-order valence-corrected chi connectivity index (χ2v) is 20.6. The summed E-state index contributed by atoms with van der Waals surface area (Å²) in [6, 6.07) is 17.0. The van der Waals surface area contributed by atoms with E-state index < -0.39 is 0 Å². The Morgan fingerprint density at radius 3 is 1.87 bits per heavy atom. The number of rotatable bonds is 8. The molecule has 3 fully saturated rings. The van der Waals surface area contributed by atoms with Crippen molar-refractivity contribution in [3.8, 4) is 5.75 Å². The van der Waals surface area contributed by atoms with E-state index in [4.69, 9.17) is 21.3 Å². The molecule has 0 saturated heterocycles. The molecule has 0 radical (unpaired) electrons. The Hall–Kier alpha value is -1.73. The summed E-state index contributed by atoms with van der Waals surface area (Å²) in [4.78, 5) is 12.2. The molecule has 6 atom stereocenters. The van der Waals surface area contributed by atoms with Crippen molar-refractivity contribution in [2.45, 2.75) is 140 Å². The number of hydrogen-bond donors (Lipinski definition) is 1. The van der Waals surface area contributed by atoms with E-state index in [1.807, 2.05) is 12.1 Å². The van der Waals surface area contributed by atoms with E-state index in [0.717, 1.165) is 42.2 Å². The Morgan fingerprint density at radius 1 is 0.755 bits per heavy atom. The van der Waals surface area contributed by atoms with E-state index in [2.05, 4.69) is 115 Å². The number of allylic oxidation sites excluding steroid dienone is 2. The van der Waals surface area contributed by atoms with Gasteiger partial charge in [0.05, 0.1) is 20.8 Å². The zero-order chi connectivity index (χ0) is 37.4. The fourth-order valence-electron chi connectivity index (χ4n) is 9.41. The molecule has 4 aliphatic rings. The molecule has 53 heavy (non-hydrogen) atoms. The predicted octanol–water partition coefficient (Wildman–Crippen LogP) is 15.7. The fourth-order valence-corrected chi connectivity index (χ4v) is 12.2. The van der Waals surface area contributed by atoms with Crippen molar-refractivity contribution in [1.82, 2.24) is 4.98 Å². The van der Waals surface area contributed by atoms with Crippen LogP contribution in [-0.2, 0) is 5.41 Å². The molecule has 3 nitrogen and oxygen atoms in total. The third-order valence-electron chi connectivity index (χ3n) is 12.7. The van der Waals surface area contributed by atoms with Gasteiger partial charge in [0, 0.05) is 37.5 Å². The molecule has 0 amide bonds. The van der Waals surface area contributed by atoms with Gasteiger partial charge in [-0.1, -0.05) is 135 Å². The molecule has 3 saturated carbocycles. The molecule has 1 aromatic heterocycles. The fraction of sp³-hybridized carbons (Fsp3) is 0.543. The maximum Gasteiger partial charge on any atom is 0.177 e. The number of aliphatic imine (C=N–C) groups is 1. The SMILES string of the molecule is CC1CCCCC1C1=NC(=C(Oc2ccc(C(C)(C)C)cc2)c2[nH]c(C3CCCCC3C)c(Br)c2Sc2ccc(Cl)cc2)C(C2CCCCC2C)=C1Br. The smallest absolute Gasteiger partial charge is 0.177 e. The maximum absolute atomic E-state index is 7.33. The van der Waals surface area contributed by atoms with Gasteiger partial charge in [-0.15, -0.1) is 0 Å². The van der Waals surface area contributed by atoms with Crippen molar-refractivity contribution in [1.29, 1.82) is 0 Å². The number of H-pyrrole nitrogens is 1. The lowest BCUT2D eigenvalue weighted by atomic mass is 9.74. The Bertz CT molecular complexity index is 1870. The van der Waals surface area contributed by atoms with Gasteiger partial charge in [0.1, 0.15) is 11.4 Å². The zero-order valence-corrected chi connectivity index (χ0v) is 37.2. The molecule has 0 spiro atoms. The highest BCUT2D eigenvalue weighted by molar-refractivity contribution is 9.12. The molecule has 3 aliphatic carbocycles. The summed E-state index contributed by atoms with van der Waals surface area (Å²) in [5.74, 6) is 4.74. The number of aromatic amines is 1. The second-order valence-electron chi connectivity index (χ2n) is 17.5. The summed E-state index contributed by atoms with van der Waals surface area (Å²) in [5, 5.41) is 0.746. The van der Waals surface area contributed by atoms with E-state index in [9.17, 15) is 0 Å². The number of ether oxygens (including phenoxy) is 1. The summed E-state index contributed by atoms with van der Waals surface area (Å²) in [5.41, 5.74) is 7.25. The summed E-state index contributed by atoms with van der Waals surface area (Å²) in [6.07, 6.45) is 15.0. The van der Waals surface area contributed by atoms with E-state index >= 15 is 0 Å². The van der Waals surface area contributed by atoms with Gasteiger partial charge < -0.3 is 9.72 Å². The molecule has 2 heterocycles. The van der Waals surface area contributed by atoms with Crippen LogP contribution in [-0.4, -0.2) is 10.7 Å². The van der Waals surface area contributed by atoms with E-state index in [-0.39, 0.29) is 5.41 Å². The van der Waals surface area contributed by atoms with Gasteiger partial charge in [0.2, 0.25) is 0 Å². The Kier molecular flexibility index (Phi) is 12.5. The van der Waals surface area contributed by atoms with Crippen molar-refractivity contribution >= 4 is 66.7 Å². The summed E-state index contributed by atoms with van der Waals surface area (Å²) >= 11 is 16.7. The Labute approximate surface area is 344 Å². The molecule has 6 unspecified atom stereocenters. The van der Waals surface area contributed by atoms with Crippen molar-refractivity contribution in [2.75, 3.05) is 0 Å². The number of nitrogens with zero attached hydrogens (tertiary/aromatic N) is 1. The Morgan fingerprint density at radius 2 is 1.30 bits per heavy atom. The van der Waals surface area contributed by atoms with Crippen molar-refractivity contribution < 1.29 is 4.74 Å². The largest absolute Gasteiger partial charge is 0.453 e. The van der Waals surface area contributed by atoms with Gasteiger partial charge in [-0.25, -0.2) is 4.99 Å². The van der Waals surface area contributed by atoms with Gasteiger partial charge in [-0.3, -0.25) is 0 Å². The highest BCUT2D eigenvalue weighted by Gasteiger charge is 2.41. The average Bonchev–Trinajstić information content (AvgIpc) is 3.64. The third kappa shape index (κ3) is 8.52. The second kappa shape index (κ2) is 16.8. The van der Waals surface area contributed by atoms with Crippen LogP contribution < -0.4 is 4.74 Å². The molecule has 2 aromatic carbocycles. The standard InChI is InChI=1S/C46H57Br2ClN2OS/c1-27-13-7-10-16-34(27)37-38(47)40(35-17-11-8-14-28(35)2)50-42(37)44(52-32-23-19-30(20-24-32)46(4,5)6)43-45(53-33-25-21-31(49)22-26-33)39(48)41(51-43)36-18-12-9-15-29(36)3/h19-29,34-36,51H,7-18H2,1-6H3. The lowest BCUT2D eigenvalue weighted by molar-refractivity contribution is 0.295. The van der Waals surface area contributed by atoms with Crippen LogP contribution in [0, 0.1) is 29.6 Å². The molecule has 1 aliphatic heterocycles. The van der Waals surface area contributed by atoms with Gasteiger partial charge in [0.15, 0.2) is 5.76 Å². The highest BCUT2D eigenvalue weighted by atomic mass is 79.9. The van der Waals surface area contributed by atoms with Crippen LogP contribution in [0.15, 0.2) is 83.5 Å². The van der Waals surface area contributed by atoms with Gasteiger partial charge >= 0.3 is 0 Å². The van der Waals surface area contributed by atoms with Gasteiger partial charge in [-0.05, 0) is 122 Å². The van der Waals surface area contributed by atoms with Crippen LogP contribution in [0.3, 0.4) is 0 Å². The topological polar surface area (TPSA) is 37.4 Å². The van der Waals surface area contributed by atoms with Crippen LogP contribution in [0.1, 0.15) is 141 Å². The minimum absolute atomic E-state index is 0.0529. The Balaban J connectivity index is 1.48. The monoisotopic (exact) mass is 878 g/mol. The van der Waals surface area contributed by atoms with Gasteiger partial charge in [-0.2, -0.15) is 0 Å². The summed E-state index contributed by atoms with van der Waals surface area (Å²) < 4.78 is 9.71. The zero-order valence-electron chi connectivity index (χ0n) is 32.5. The van der Waals surface area contributed by atoms with Crippen molar-refractivity contribution in [2.24, 2.45) is 34.6 Å². The van der Waals surface area contributed by atoms with Crippen LogP contribution in [0.25, 0.3) is 5.76 Å². The lowest BCUT2D eigenvalue weighted by Crippen LogP contribution is -2.25. The van der Waals surface area contributed by atoms with E-state index in [0.29, 0.717) is 35.5 Å². The molecule has 7 rings (SSSR count). The molecule has 0 bridgehead atoms. The molecule has 7 heteroatoms. The quantitative estimate of drug-likeness (QED) is 0.229. The summed E-state index contributed by atoms with van der Waals surface area (Å²) in [6.45, 7) is 14.1. The molecule has 1 N–H and O–H groups in total. The van der Waals surface area contributed by atoms with Gasteiger partial charge in [0.25, 0.3) is 0 Å². The number of nitrogens with one attached hydrogen (secondary N) is 1.